The van der Waals surface area contributed by atoms with Crippen molar-refractivity contribution in [1.29, 1.82) is 0 Å². The Hall–Kier alpha value is -3.41. The molecule has 0 heterocycles. The predicted octanol–water partition coefficient (Wildman–Crippen LogP) is 3.80. The van der Waals surface area contributed by atoms with E-state index in [-0.39, 0.29) is 24.7 Å². The van der Waals surface area contributed by atoms with Gasteiger partial charge in [0.2, 0.25) is 5.75 Å². The maximum Gasteiger partial charge on any atom is 0.416 e. The van der Waals surface area contributed by atoms with Gasteiger partial charge in [0.1, 0.15) is 18.2 Å². The molecule has 0 bridgehead atoms. The molecule has 1 amide bonds. The smallest absolute Gasteiger partial charge is 0.416 e. The monoisotopic (exact) mass is 432 g/mol. The van der Waals surface area contributed by atoms with Crippen molar-refractivity contribution in [1.82, 2.24) is 0 Å². The summed E-state index contributed by atoms with van der Waals surface area (Å²) in [6.07, 6.45) is -4.66. The van der Waals surface area contributed by atoms with Crippen LogP contribution in [-0.4, -0.2) is 37.8 Å². The molecule has 0 saturated carbocycles. The van der Waals surface area contributed by atoms with Crippen LogP contribution in [-0.2, 0) is 15.7 Å². The summed E-state index contributed by atoms with van der Waals surface area (Å²) in [6.45, 7) is -0.657. The van der Waals surface area contributed by atoms with E-state index in [2.05, 4.69) is 5.32 Å². The summed E-state index contributed by atoms with van der Waals surface area (Å²) < 4.78 is 67.3. The number of hydrogen-bond acceptors (Lipinski definition) is 6. The zero-order valence-corrected chi connectivity index (χ0v) is 15.5. The van der Waals surface area contributed by atoms with Crippen LogP contribution in [0.25, 0.3) is 0 Å². The maximum atomic E-state index is 13.3. The van der Waals surface area contributed by atoms with Crippen LogP contribution in [0.15, 0.2) is 36.4 Å². The molecule has 162 valence electrons. The third-order valence-corrected chi connectivity index (χ3v) is 3.60. The molecular formula is C18H16F4N2O6. The van der Waals surface area contributed by atoms with Gasteiger partial charge in [-0.1, -0.05) is 0 Å². The van der Waals surface area contributed by atoms with Crippen LogP contribution in [0, 0.1) is 15.9 Å². The van der Waals surface area contributed by atoms with Crippen molar-refractivity contribution in [2.75, 3.05) is 32.2 Å². The molecule has 0 saturated heterocycles. The van der Waals surface area contributed by atoms with Gasteiger partial charge in [-0.3, -0.25) is 14.9 Å². The number of carbonyl (C=O) groups is 1. The Balaban J connectivity index is 2.16. The normalized spacial score (nSPS) is 11.1. The van der Waals surface area contributed by atoms with Crippen LogP contribution >= 0.6 is 0 Å². The molecule has 30 heavy (non-hydrogen) atoms. The third kappa shape index (κ3) is 6.30. The molecule has 0 radical (unpaired) electrons. The van der Waals surface area contributed by atoms with Crippen LogP contribution in [0.4, 0.5) is 28.9 Å². The van der Waals surface area contributed by atoms with Crippen molar-refractivity contribution in [2.45, 2.75) is 6.18 Å². The topological polar surface area (TPSA) is 99.9 Å². The number of carbonyl (C=O) groups excluding carboxylic acids is 1. The lowest BCUT2D eigenvalue weighted by Crippen LogP contribution is -2.21. The first-order chi connectivity index (χ1) is 14.1. The fourth-order valence-electron chi connectivity index (χ4n) is 2.25. The summed E-state index contributed by atoms with van der Waals surface area (Å²) >= 11 is 0. The summed E-state index contributed by atoms with van der Waals surface area (Å²) in [6, 6.07) is 4.91. The largest absolute Gasteiger partial charge is 0.489 e. The lowest BCUT2D eigenvalue weighted by atomic mass is 10.1. The lowest BCUT2D eigenvalue weighted by Gasteiger charge is -2.15. The molecule has 2 aromatic rings. The van der Waals surface area contributed by atoms with Gasteiger partial charge in [0.15, 0.2) is 6.61 Å². The summed E-state index contributed by atoms with van der Waals surface area (Å²) in [5.74, 6) is -2.33. The summed E-state index contributed by atoms with van der Waals surface area (Å²) in [5, 5.41) is 13.1. The standard InChI is InChI=1S/C18H16F4N2O6/c1-28-6-7-29-15-5-2-11(18(20,21)22)8-13(15)23-17(25)10-30-16-9-12(19)3-4-14(16)24(26)27/h2-5,8-9H,6-7,10H2,1H3,(H,23,25). The fourth-order valence-corrected chi connectivity index (χ4v) is 2.25. The van der Waals surface area contributed by atoms with Crippen molar-refractivity contribution >= 4 is 17.3 Å². The molecule has 0 spiro atoms. The third-order valence-electron chi connectivity index (χ3n) is 3.60. The molecule has 0 aliphatic carbocycles. The fraction of sp³-hybridized carbons (Fsp3) is 0.278. The molecule has 0 aromatic heterocycles. The van der Waals surface area contributed by atoms with E-state index in [1.165, 1.54) is 7.11 Å². The number of nitro benzene ring substituents is 1. The summed E-state index contributed by atoms with van der Waals surface area (Å²) in [7, 11) is 1.40. The first-order valence-corrected chi connectivity index (χ1v) is 8.31. The Labute approximate surface area is 167 Å². The molecule has 0 aliphatic heterocycles. The molecule has 12 heteroatoms. The molecule has 0 aliphatic rings. The minimum Gasteiger partial charge on any atom is -0.489 e. The number of anilines is 1. The van der Waals surface area contributed by atoms with Gasteiger partial charge >= 0.3 is 11.9 Å². The average Bonchev–Trinajstić information content (AvgIpc) is 2.66. The number of methoxy groups -OCH3 is 1. The number of nitrogens with one attached hydrogen (secondary N) is 1. The Kier molecular flexibility index (Phi) is 7.53. The summed E-state index contributed by atoms with van der Waals surface area (Å²) in [4.78, 5) is 22.2. The Morgan fingerprint density at radius 1 is 1.10 bits per heavy atom. The van der Waals surface area contributed by atoms with Gasteiger partial charge in [0.25, 0.3) is 5.91 Å². The van der Waals surface area contributed by atoms with E-state index < -0.39 is 46.4 Å². The van der Waals surface area contributed by atoms with Crippen molar-refractivity contribution in [3.63, 3.8) is 0 Å². The van der Waals surface area contributed by atoms with Gasteiger partial charge in [-0.15, -0.1) is 0 Å². The van der Waals surface area contributed by atoms with Gasteiger partial charge in [-0.25, -0.2) is 4.39 Å². The number of benzene rings is 2. The quantitative estimate of drug-likeness (QED) is 0.280. The minimum absolute atomic E-state index is 0.0106. The molecule has 8 nitrogen and oxygen atoms in total. The van der Waals surface area contributed by atoms with E-state index in [0.717, 1.165) is 30.3 Å². The van der Waals surface area contributed by atoms with Crippen LogP contribution in [0.3, 0.4) is 0 Å². The van der Waals surface area contributed by atoms with Crippen LogP contribution < -0.4 is 14.8 Å². The Morgan fingerprint density at radius 2 is 1.83 bits per heavy atom. The number of hydrogen-bond donors (Lipinski definition) is 1. The Morgan fingerprint density at radius 3 is 2.47 bits per heavy atom. The van der Waals surface area contributed by atoms with E-state index in [9.17, 15) is 32.5 Å². The number of halogens is 4. The van der Waals surface area contributed by atoms with E-state index in [0.29, 0.717) is 6.07 Å². The van der Waals surface area contributed by atoms with E-state index in [1.807, 2.05) is 0 Å². The zero-order valence-electron chi connectivity index (χ0n) is 15.5. The lowest BCUT2D eigenvalue weighted by molar-refractivity contribution is -0.385. The highest BCUT2D eigenvalue weighted by Gasteiger charge is 2.31. The van der Waals surface area contributed by atoms with Gasteiger partial charge in [-0.05, 0) is 24.3 Å². The molecule has 2 aromatic carbocycles. The number of ether oxygens (including phenoxy) is 3. The molecule has 0 atom stereocenters. The van der Waals surface area contributed by atoms with Gasteiger partial charge < -0.3 is 19.5 Å². The van der Waals surface area contributed by atoms with Crippen LogP contribution in [0.1, 0.15) is 5.56 Å². The van der Waals surface area contributed by atoms with Crippen LogP contribution in [0.2, 0.25) is 0 Å². The first kappa shape index (κ1) is 22.9. The zero-order chi connectivity index (χ0) is 22.3. The molecular weight excluding hydrogens is 416 g/mol. The number of nitrogens with zero attached hydrogens (tertiary/aromatic N) is 1. The average molecular weight is 432 g/mol. The van der Waals surface area contributed by atoms with Gasteiger partial charge in [-0.2, -0.15) is 13.2 Å². The molecule has 0 unspecified atom stereocenters. The number of amides is 1. The van der Waals surface area contributed by atoms with Gasteiger partial charge in [0, 0.05) is 19.2 Å². The van der Waals surface area contributed by atoms with E-state index in [4.69, 9.17) is 14.2 Å². The molecule has 0 fully saturated rings. The van der Waals surface area contributed by atoms with Crippen molar-refractivity contribution in [3.05, 3.63) is 57.9 Å². The number of rotatable bonds is 9. The maximum absolute atomic E-state index is 13.3. The summed E-state index contributed by atoms with van der Waals surface area (Å²) in [5.41, 5.74) is -1.89. The number of nitro groups is 1. The highest BCUT2D eigenvalue weighted by Crippen LogP contribution is 2.35. The van der Waals surface area contributed by atoms with E-state index in [1.54, 1.807) is 0 Å². The highest BCUT2D eigenvalue weighted by atomic mass is 19.4. The van der Waals surface area contributed by atoms with Crippen LogP contribution in [0.5, 0.6) is 11.5 Å². The predicted molar refractivity (Wildman–Crippen MR) is 96.0 cm³/mol. The minimum atomic E-state index is -4.66. The highest BCUT2D eigenvalue weighted by molar-refractivity contribution is 5.93. The second-order valence-electron chi connectivity index (χ2n) is 5.76. The van der Waals surface area contributed by atoms with Crippen molar-refractivity contribution in [3.8, 4) is 11.5 Å². The Bertz CT molecular complexity index is 920. The van der Waals surface area contributed by atoms with E-state index >= 15 is 0 Å². The number of alkyl halides is 3. The van der Waals surface area contributed by atoms with Crippen molar-refractivity contribution < 1.29 is 41.5 Å². The molecule has 1 N–H and O–H groups in total. The molecule has 2 rings (SSSR count). The second-order valence-corrected chi connectivity index (χ2v) is 5.76. The first-order valence-electron chi connectivity index (χ1n) is 8.31. The second kappa shape index (κ2) is 9.87. The SMILES string of the molecule is COCCOc1ccc(C(F)(F)F)cc1NC(=O)COc1cc(F)ccc1[N+](=O)[O-]. The van der Waals surface area contributed by atoms with Crippen molar-refractivity contribution in [2.24, 2.45) is 0 Å². The van der Waals surface area contributed by atoms with Gasteiger partial charge in [0.05, 0.1) is 22.8 Å².